The van der Waals surface area contributed by atoms with Crippen molar-refractivity contribution in [3.8, 4) is 0 Å². The molecule has 0 bridgehead atoms. The van der Waals surface area contributed by atoms with E-state index in [1.54, 1.807) is 18.8 Å². The smallest absolute Gasteiger partial charge is 0.0936 e. The number of para-hydroxylation sites is 2. The number of anilines is 2. The minimum absolute atomic E-state index is 0.966. The maximum atomic E-state index is 4.61. The monoisotopic (exact) mass is 501 g/mol. The maximum Gasteiger partial charge on any atom is 0.0936 e. The summed E-state index contributed by atoms with van der Waals surface area (Å²) in [5, 5.41) is 5.71. The predicted molar refractivity (Wildman–Crippen MR) is 92.6 cm³/mol. The van der Waals surface area contributed by atoms with E-state index in [1.165, 1.54) is 0 Å². The largest absolute Gasteiger partial charge is 0.352 e. The number of hydrogen-bond acceptors (Lipinski definition) is 3. The first-order chi connectivity index (χ1) is 11.4. The van der Waals surface area contributed by atoms with Crippen LogP contribution in [0.2, 0.25) is 0 Å². The Labute approximate surface area is 149 Å². The van der Waals surface area contributed by atoms with E-state index in [2.05, 4.69) is 49.0 Å². The molecule has 0 saturated carbocycles. The summed E-state index contributed by atoms with van der Waals surface area (Å²) in [5.74, 6) is 0. The second kappa shape index (κ2) is 7.54. The van der Waals surface area contributed by atoms with Gasteiger partial charge in [0.1, 0.15) is 0 Å². The summed E-state index contributed by atoms with van der Waals surface area (Å²) in [6.45, 7) is 0. The Morgan fingerprint density at radius 3 is 1.57 bits per heavy atom. The van der Waals surface area contributed by atoms with Gasteiger partial charge in [-0.3, -0.25) is 9.97 Å². The molecule has 117 valence electrons. The average molecular weight is 502 g/mol. The van der Waals surface area contributed by atoms with Crippen LogP contribution in [0.25, 0.3) is 21.8 Å². The molecule has 0 aliphatic heterocycles. The number of aromatic nitrogens is 2. The number of benzene rings is 2. The third-order valence-corrected chi connectivity index (χ3v) is 3.53. The molecule has 0 aliphatic carbocycles. The average Bonchev–Trinajstić information content (AvgIpc) is 2.64. The number of fused-ring (bicyclic) bond motifs is 2. The summed E-state index contributed by atoms with van der Waals surface area (Å²) in [7, 11) is 4.61. The quantitative estimate of drug-likeness (QED) is 0.409. The van der Waals surface area contributed by atoms with Crippen molar-refractivity contribution >= 4 is 42.6 Å². The van der Waals surface area contributed by atoms with Crippen LogP contribution >= 0.6 is 9.42 Å². The molecule has 2 heterocycles. The van der Waals surface area contributed by atoms with E-state index in [9.17, 15) is 0 Å². The summed E-state index contributed by atoms with van der Waals surface area (Å²) in [6.07, 6.45) is 3.63. The van der Waals surface area contributed by atoms with Crippen molar-refractivity contribution in [3.63, 3.8) is 0 Å². The van der Waals surface area contributed by atoms with Crippen LogP contribution in [0.1, 0.15) is 0 Å². The van der Waals surface area contributed by atoms with Gasteiger partial charge in [0.2, 0.25) is 0 Å². The molecular weight excluding hydrogens is 489 g/mol. The fourth-order valence-corrected chi connectivity index (χ4v) is 2.56. The first kappa shape index (κ1) is 15.9. The number of pyridine rings is 2. The second-order valence-electron chi connectivity index (χ2n) is 4.89. The SMILES string of the molecule is [Cl][Pt].c1cnc2c(Nc3cccc4cccnc34)cccc2c1. The molecule has 5 heteroatoms. The van der Waals surface area contributed by atoms with Crippen molar-refractivity contribution in [2.75, 3.05) is 5.32 Å². The molecule has 0 radical (unpaired) electrons. The Bertz CT molecular complexity index is 855. The summed E-state index contributed by atoms with van der Waals surface area (Å²) < 4.78 is 0. The maximum absolute atomic E-state index is 4.61. The molecule has 0 spiro atoms. The molecule has 0 fully saturated rings. The molecule has 4 aromatic rings. The van der Waals surface area contributed by atoms with Gasteiger partial charge in [0, 0.05) is 23.2 Å². The van der Waals surface area contributed by atoms with Crippen molar-refractivity contribution in [1.82, 2.24) is 9.97 Å². The molecule has 4 rings (SSSR count). The zero-order chi connectivity index (χ0) is 16.1. The minimum Gasteiger partial charge on any atom is -0.352 e. The Kier molecular flexibility index (Phi) is 5.22. The van der Waals surface area contributed by atoms with Gasteiger partial charge in [-0.25, -0.2) is 0 Å². The van der Waals surface area contributed by atoms with Crippen molar-refractivity contribution < 1.29 is 18.8 Å². The van der Waals surface area contributed by atoms with E-state index < -0.39 is 0 Å². The van der Waals surface area contributed by atoms with Crippen molar-refractivity contribution in [3.05, 3.63) is 73.1 Å². The Morgan fingerprint density at radius 1 is 0.652 bits per heavy atom. The van der Waals surface area contributed by atoms with Crippen LogP contribution in [0.4, 0.5) is 11.4 Å². The molecular formula is C18H13ClN3Pt. The summed E-state index contributed by atoms with van der Waals surface area (Å²) in [5.41, 5.74) is 3.92. The minimum atomic E-state index is 0.966. The fraction of sp³-hybridized carbons (Fsp3) is 0. The van der Waals surface area contributed by atoms with Gasteiger partial charge in [0.15, 0.2) is 0 Å². The molecule has 3 nitrogen and oxygen atoms in total. The van der Waals surface area contributed by atoms with Crippen LogP contribution in [0.15, 0.2) is 73.1 Å². The van der Waals surface area contributed by atoms with Gasteiger partial charge in [0.05, 0.1) is 22.4 Å². The van der Waals surface area contributed by atoms with Gasteiger partial charge >= 0.3 is 28.2 Å². The second-order valence-corrected chi connectivity index (χ2v) is 4.89. The van der Waals surface area contributed by atoms with Gasteiger partial charge in [-0.2, -0.15) is 0 Å². The number of nitrogens with zero attached hydrogens (tertiary/aromatic N) is 2. The van der Waals surface area contributed by atoms with Gasteiger partial charge in [0.25, 0.3) is 0 Å². The zero-order valence-electron chi connectivity index (χ0n) is 12.0. The molecule has 1 N–H and O–H groups in total. The van der Waals surface area contributed by atoms with Crippen LogP contribution in [0.3, 0.4) is 0 Å². The summed E-state index contributed by atoms with van der Waals surface area (Å²) >= 11 is 1.61. The van der Waals surface area contributed by atoms with Gasteiger partial charge < -0.3 is 5.32 Å². The summed E-state index contributed by atoms with van der Waals surface area (Å²) in [4.78, 5) is 8.95. The van der Waals surface area contributed by atoms with Crippen LogP contribution in [-0.4, -0.2) is 9.97 Å². The number of rotatable bonds is 2. The molecule has 0 saturated heterocycles. The topological polar surface area (TPSA) is 37.8 Å². The Morgan fingerprint density at radius 2 is 1.09 bits per heavy atom. The van der Waals surface area contributed by atoms with E-state index in [0.29, 0.717) is 0 Å². The van der Waals surface area contributed by atoms with Gasteiger partial charge in [-0.1, -0.05) is 36.4 Å². The third kappa shape index (κ3) is 3.36. The Balaban J connectivity index is 0.000000753. The van der Waals surface area contributed by atoms with Crippen molar-refractivity contribution in [2.45, 2.75) is 0 Å². The third-order valence-electron chi connectivity index (χ3n) is 3.53. The molecule has 0 unspecified atom stereocenters. The molecule has 23 heavy (non-hydrogen) atoms. The number of halogens is 1. The molecule has 0 aliphatic rings. The van der Waals surface area contributed by atoms with Gasteiger partial charge in [-0.15, -0.1) is 0 Å². The first-order valence-electron chi connectivity index (χ1n) is 6.98. The van der Waals surface area contributed by atoms with E-state index in [4.69, 9.17) is 0 Å². The van der Waals surface area contributed by atoms with Crippen LogP contribution < -0.4 is 5.32 Å². The van der Waals surface area contributed by atoms with Crippen molar-refractivity contribution in [1.29, 1.82) is 0 Å². The van der Waals surface area contributed by atoms with E-state index in [0.717, 1.165) is 33.2 Å². The Hall–Kier alpha value is -1.96. The van der Waals surface area contributed by atoms with E-state index in [1.807, 2.05) is 48.8 Å². The molecule has 0 atom stereocenters. The zero-order valence-corrected chi connectivity index (χ0v) is 15.0. The molecule has 2 aromatic heterocycles. The van der Waals surface area contributed by atoms with E-state index in [-0.39, 0.29) is 0 Å². The normalized spacial score (nSPS) is 10.2. The fourth-order valence-electron chi connectivity index (χ4n) is 2.56. The van der Waals surface area contributed by atoms with Crippen LogP contribution in [0.5, 0.6) is 0 Å². The first-order valence-corrected chi connectivity index (χ1v) is 9.80. The number of nitrogens with one attached hydrogen (secondary N) is 1. The number of hydrogen-bond donors (Lipinski definition) is 1. The summed E-state index contributed by atoms with van der Waals surface area (Å²) in [6, 6.07) is 20.3. The van der Waals surface area contributed by atoms with E-state index >= 15 is 0 Å². The molecule has 0 amide bonds. The van der Waals surface area contributed by atoms with Gasteiger partial charge in [-0.05, 0) is 24.3 Å². The van der Waals surface area contributed by atoms with Crippen LogP contribution in [-0.2, 0) is 18.8 Å². The molecule has 2 aromatic carbocycles. The van der Waals surface area contributed by atoms with Crippen LogP contribution in [0, 0.1) is 0 Å². The standard InChI is InChI=1S/C18H13N3.ClH.Pt/c1-5-13-7-3-11-19-17(13)15(9-1)21-16-10-2-6-14-8-4-12-20-18(14)16;;/h1-12,21H;1H;/q;;+1/p-1. The van der Waals surface area contributed by atoms with Crippen molar-refractivity contribution in [2.24, 2.45) is 0 Å². The predicted octanol–water partition coefficient (Wildman–Crippen LogP) is 5.21.